The van der Waals surface area contributed by atoms with Crippen molar-refractivity contribution in [2.75, 3.05) is 23.4 Å². The monoisotopic (exact) mass is 499 g/mol. The lowest BCUT2D eigenvalue weighted by Gasteiger charge is -2.27. The van der Waals surface area contributed by atoms with E-state index in [0.29, 0.717) is 23.5 Å². The van der Waals surface area contributed by atoms with Crippen molar-refractivity contribution in [2.45, 2.75) is 13.3 Å². The molecule has 180 valence electrons. The number of aromatic amines is 1. The molecule has 4 aliphatic rings. The summed E-state index contributed by atoms with van der Waals surface area (Å²) < 4.78 is 13.6. The van der Waals surface area contributed by atoms with Crippen molar-refractivity contribution >= 4 is 46.1 Å². The number of thiazole rings is 1. The normalized spacial score (nSPS) is 14.1. The van der Waals surface area contributed by atoms with E-state index >= 15 is 0 Å². The predicted octanol–water partition coefficient (Wildman–Crippen LogP) is 2.75. The number of anilines is 3. The number of halogens is 1. The molecule has 0 fully saturated rings. The number of amides is 1. The molecule has 9 heteroatoms. The van der Waals surface area contributed by atoms with Gasteiger partial charge in [0.25, 0.3) is 5.56 Å². The van der Waals surface area contributed by atoms with Gasteiger partial charge in [-0.25, -0.2) is 9.37 Å². The maximum absolute atomic E-state index is 13.6. The number of carbonyl (C=O) groups is 1. The molecule has 3 aliphatic heterocycles. The molecule has 6 rings (SSSR count). The molecule has 0 saturated carbocycles. The molecule has 0 radical (unpaired) electrons. The first-order valence-electron chi connectivity index (χ1n) is 11.5. The van der Waals surface area contributed by atoms with Crippen LogP contribution in [0.15, 0.2) is 59.7 Å². The molecular formula is C27H22FN5O2S. The first kappa shape index (κ1) is 22.2. The number of hydrogen-bond donors (Lipinski definition) is 2. The third-order valence-electron chi connectivity index (χ3n) is 6.44. The van der Waals surface area contributed by atoms with Crippen molar-refractivity contribution in [3.8, 4) is 11.1 Å². The van der Waals surface area contributed by atoms with Crippen LogP contribution in [0.3, 0.4) is 0 Å². The zero-order valence-electron chi connectivity index (χ0n) is 19.6. The standard InChI is InChI=1S/C27H22FN5O2S/c1-15-29-14-18(36-15)13-23(34)30-20-9-11-32(2)26-19(20)7-8-22-24-21(31-27(35)25(24)26)10-12-33(22)17-5-3-16(28)4-6-17/h3-11,14H,12-13H2,1-2H3,(H,30,34)(H,31,35). The van der Waals surface area contributed by atoms with E-state index in [9.17, 15) is 14.0 Å². The minimum atomic E-state index is -0.306. The summed E-state index contributed by atoms with van der Waals surface area (Å²) in [5, 5.41) is 5.45. The molecule has 2 aromatic rings. The van der Waals surface area contributed by atoms with Crippen LogP contribution in [0.5, 0.6) is 0 Å². The van der Waals surface area contributed by atoms with Crippen LogP contribution < -0.4 is 31.2 Å². The Morgan fingerprint density at radius 1 is 1.19 bits per heavy atom. The van der Waals surface area contributed by atoms with Gasteiger partial charge in [-0.3, -0.25) is 9.59 Å². The van der Waals surface area contributed by atoms with E-state index in [1.165, 1.54) is 23.5 Å². The van der Waals surface area contributed by atoms with E-state index in [1.807, 2.05) is 54.3 Å². The van der Waals surface area contributed by atoms with E-state index in [0.717, 1.165) is 37.4 Å². The molecule has 0 spiro atoms. The van der Waals surface area contributed by atoms with Crippen LogP contribution in [0.1, 0.15) is 9.88 Å². The quantitative estimate of drug-likeness (QED) is 0.451. The van der Waals surface area contributed by atoms with E-state index in [-0.39, 0.29) is 23.7 Å². The molecule has 0 unspecified atom stereocenters. The molecule has 1 aliphatic carbocycles. The molecule has 0 saturated heterocycles. The summed E-state index contributed by atoms with van der Waals surface area (Å²) >= 11 is 1.49. The lowest BCUT2D eigenvalue weighted by Crippen LogP contribution is -2.32. The van der Waals surface area contributed by atoms with Gasteiger partial charge in [-0.15, -0.1) is 11.3 Å². The molecule has 7 nitrogen and oxygen atoms in total. The summed E-state index contributed by atoms with van der Waals surface area (Å²) in [5.74, 6) is -0.459. The zero-order valence-corrected chi connectivity index (χ0v) is 20.4. The Morgan fingerprint density at radius 3 is 2.75 bits per heavy atom. The lowest BCUT2D eigenvalue weighted by atomic mass is 10.0. The highest BCUT2D eigenvalue weighted by Crippen LogP contribution is 2.37. The number of benzene rings is 1. The van der Waals surface area contributed by atoms with Crippen LogP contribution in [0.4, 0.5) is 21.5 Å². The van der Waals surface area contributed by atoms with Crippen molar-refractivity contribution in [1.82, 2.24) is 15.3 Å². The van der Waals surface area contributed by atoms with Gasteiger partial charge in [0.1, 0.15) is 5.82 Å². The van der Waals surface area contributed by atoms with Crippen molar-refractivity contribution in [3.05, 3.63) is 91.5 Å². The Balaban J connectivity index is 1.51. The second-order valence-electron chi connectivity index (χ2n) is 8.80. The number of carbonyl (C=O) groups excluding carboxylic acids is 1. The van der Waals surface area contributed by atoms with Crippen LogP contribution in [-0.4, -0.2) is 29.5 Å². The number of nitrogens with one attached hydrogen (secondary N) is 2. The summed E-state index contributed by atoms with van der Waals surface area (Å²) in [4.78, 5) is 38.2. The van der Waals surface area contributed by atoms with Gasteiger partial charge in [0.2, 0.25) is 5.91 Å². The Labute approximate surface area is 209 Å². The number of fused-ring (bicyclic) bond motifs is 2. The summed E-state index contributed by atoms with van der Waals surface area (Å²) in [5.41, 5.74) is 4.13. The molecule has 0 bridgehead atoms. The van der Waals surface area contributed by atoms with Gasteiger partial charge in [-0.05, 0) is 55.5 Å². The van der Waals surface area contributed by atoms with E-state index < -0.39 is 0 Å². The topological polar surface area (TPSA) is 81.3 Å². The summed E-state index contributed by atoms with van der Waals surface area (Å²) in [6, 6.07) is 10.2. The third kappa shape index (κ3) is 3.68. The number of aromatic nitrogens is 2. The van der Waals surface area contributed by atoms with Crippen molar-refractivity contribution < 1.29 is 9.18 Å². The van der Waals surface area contributed by atoms with Gasteiger partial charge in [-0.2, -0.15) is 0 Å². The van der Waals surface area contributed by atoms with E-state index in [1.54, 1.807) is 18.3 Å². The fourth-order valence-electron chi connectivity index (χ4n) is 4.85. The highest BCUT2D eigenvalue weighted by Gasteiger charge is 2.28. The third-order valence-corrected chi connectivity index (χ3v) is 7.36. The number of aryl methyl sites for hydroxylation is 1. The van der Waals surface area contributed by atoms with Crippen molar-refractivity contribution in [2.24, 2.45) is 0 Å². The van der Waals surface area contributed by atoms with E-state index in [2.05, 4.69) is 15.3 Å². The number of hydrogen-bond acceptors (Lipinski definition) is 6. The minimum absolute atomic E-state index is 0.153. The molecule has 1 amide bonds. The molecule has 1 aromatic carbocycles. The number of nitrogens with zero attached hydrogens (tertiary/aromatic N) is 3. The number of rotatable bonds is 4. The van der Waals surface area contributed by atoms with Crippen molar-refractivity contribution in [3.63, 3.8) is 0 Å². The van der Waals surface area contributed by atoms with Crippen molar-refractivity contribution in [1.29, 1.82) is 0 Å². The minimum Gasteiger partial charge on any atom is -0.350 e. The highest BCUT2D eigenvalue weighted by molar-refractivity contribution is 7.11. The van der Waals surface area contributed by atoms with Gasteiger partial charge in [0.05, 0.1) is 34.1 Å². The van der Waals surface area contributed by atoms with Crippen LogP contribution in [-0.2, 0) is 11.2 Å². The SMILES string of the molecule is Cc1ncc(CC(=O)NC2=c3ccc4c5c([nH]c(=O)c-5c3N(C)C=C2)=CCN4c2ccc(F)cc2)s1. The lowest BCUT2D eigenvalue weighted by molar-refractivity contribution is -0.119. The van der Waals surface area contributed by atoms with Crippen LogP contribution in [0, 0.1) is 12.7 Å². The highest BCUT2D eigenvalue weighted by atomic mass is 32.1. The maximum atomic E-state index is 13.6. The van der Waals surface area contributed by atoms with E-state index in [4.69, 9.17) is 0 Å². The molecule has 1 aromatic heterocycles. The summed E-state index contributed by atoms with van der Waals surface area (Å²) in [6.07, 6.45) is 7.59. The average molecular weight is 500 g/mol. The Bertz CT molecular complexity index is 1700. The first-order chi connectivity index (χ1) is 17.4. The first-order valence-corrected chi connectivity index (χ1v) is 12.3. The smallest absolute Gasteiger partial charge is 0.258 e. The predicted molar refractivity (Wildman–Crippen MR) is 140 cm³/mol. The van der Waals surface area contributed by atoms with Crippen LogP contribution >= 0.6 is 11.3 Å². The average Bonchev–Trinajstić information content (AvgIpc) is 3.34. The Hall–Kier alpha value is -4.24. The van der Waals surface area contributed by atoms with Gasteiger partial charge in [0.15, 0.2) is 0 Å². The van der Waals surface area contributed by atoms with Crippen LogP contribution in [0.25, 0.3) is 22.9 Å². The fraction of sp³-hybridized carbons (Fsp3) is 0.148. The number of H-pyrrole nitrogens is 1. The summed E-state index contributed by atoms with van der Waals surface area (Å²) in [6.45, 7) is 2.43. The molecular weight excluding hydrogens is 477 g/mol. The second kappa shape index (κ2) is 8.46. The Morgan fingerprint density at radius 2 is 2.00 bits per heavy atom. The molecule has 0 atom stereocenters. The van der Waals surface area contributed by atoms with Gasteiger partial charge < -0.3 is 20.1 Å². The van der Waals surface area contributed by atoms with Gasteiger partial charge in [0, 0.05) is 52.7 Å². The maximum Gasteiger partial charge on any atom is 0.258 e. The Kier molecular flexibility index (Phi) is 5.22. The van der Waals surface area contributed by atoms with Gasteiger partial charge in [-0.1, -0.05) is 0 Å². The largest absolute Gasteiger partial charge is 0.350 e. The van der Waals surface area contributed by atoms with Gasteiger partial charge >= 0.3 is 0 Å². The molecule has 4 heterocycles. The zero-order chi connectivity index (χ0) is 25.0. The molecule has 2 N–H and O–H groups in total. The second-order valence-corrected chi connectivity index (χ2v) is 10.1. The summed E-state index contributed by atoms with van der Waals surface area (Å²) in [7, 11) is 1.88. The fourth-order valence-corrected chi connectivity index (χ4v) is 5.65. The molecule has 36 heavy (non-hydrogen) atoms. The van der Waals surface area contributed by atoms with Crippen LogP contribution in [0.2, 0.25) is 0 Å².